The molecule has 0 radical (unpaired) electrons. The zero-order valence-electron chi connectivity index (χ0n) is 9.05. The van der Waals surface area contributed by atoms with Gasteiger partial charge < -0.3 is 0 Å². The Balaban J connectivity index is 1.96. The summed E-state index contributed by atoms with van der Waals surface area (Å²) in [7, 11) is 0. The first-order valence-corrected chi connectivity index (χ1v) is 6.53. The second kappa shape index (κ2) is 4.97. The fourth-order valence-corrected chi connectivity index (χ4v) is 3.12. The first-order chi connectivity index (χ1) is 7.68. The van der Waals surface area contributed by atoms with Gasteiger partial charge in [0.25, 0.3) is 0 Å². The Hall–Kier alpha value is -0.870. The van der Waals surface area contributed by atoms with Crippen LogP contribution in [-0.4, -0.2) is 26.9 Å². The first-order valence-electron chi connectivity index (χ1n) is 5.24. The molecule has 0 aliphatic carbocycles. The van der Waals surface area contributed by atoms with Gasteiger partial charge in [-0.15, -0.1) is 0 Å². The maximum atomic E-state index is 11.8. The van der Waals surface area contributed by atoms with Gasteiger partial charge in [0, 0.05) is 6.54 Å². The molecule has 1 aromatic rings. The third-order valence-corrected chi connectivity index (χ3v) is 4.06. The third-order valence-electron chi connectivity index (χ3n) is 2.58. The molecule has 16 heavy (non-hydrogen) atoms. The number of thiocarbonyl (C=S) groups is 1. The molecule has 1 aromatic carbocycles. The SMILES string of the molecule is CC1SC(=S)N(CCc2ccccc2)C1=O. The number of hydrogen-bond donors (Lipinski definition) is 0. The van der Waals surface area contributed by atoms with Crippen molar-refractivity contribution in [1.82, 2.24) is 4.90 Å². The van der Waals surface area contributed by atoms with Crippen LogP contribution in [0.5, 0.6) is 0 Å². The van der Waals surface area contributed by atoms with Crippen molar-refractivity contribution < 1.29 is 4.79 Å². The molecule has 1 amide bonds. The van der Waals surface area contributed by atoms with Crippen molar-refractivity contribution in [2.45, 2.75) is 18.6 Å². The molecule has 2 rings (SSSR count). The third kappa shape index (κ3) is 2.44. The van der Waals surface area contributed by atoms with Crippen molar-refractivity contribution in [2.75, 3.05) is 6.54 Å². The molecule has 1 aliphatic rings. The van der Waals surface area contributed by atoms with Crippen molar-refractivity contribution in [2.24, 2.45) is 0 Å². The van der Waals surface area contributed by atoms with Crippen LogP contribution in [0.3, 0.4) is 0 Å². The van der Waals surface area contributed by atoms with Gasteiger partial charge in [0.05, 0.1) is 5.25 Å². The quantitative estimate of drug-likeness (QED) is 0.770. The number of benzene rings is 1. The summed E-state index contributed by atoms with van der Waals surface area (Å²) in [6.07, 6.45) is 0.861. The van der Waals surface area contributed by atoms with E-state index < -0.39 is 0 Å². The molecule has 0 spiro atoms. The maximum Gasteiger partial charge on any atom is 0.241 e. The number of hydrogen-bond acceptors (Lipinski definition) is 3. The maximum absolute atomic E-state index is 11.8. The summed E-state index contributed by atoms with van der Waals surface area (Å²) in [6, 6.07) is 10.2. The van der Waals surface area contributed by atoms with Crippen molar-refractivity contribution in [3.8, 4) is 0 Å². The molecule has 1 aliphatic heterocycles. The number of amides is 1. The smallest absolute Gasteiger partial charge is 0.241 e. The highest BCUT2D eigenvalue weighted by Crippen LogP contribution is 2.26. The van der Waals surface area contributed by atoms with Crippen LogP contribution in [-0.2, 0) is 11.2 Å². The van der Waals surface area contributed by atoms with Gasteiger partial charge in [-0.05, 0) is 18.9 Å². The lowest BCUT2D eigenvalue weighted by molar-refractivity contribution is -0.125. The van der Waals surface area contributed by atoms with E-state index in [4.69, 9.17) is 12.2 Å². The molecule has 0 saturated carbocycles. The first kappa shape index (κ1) is 11.6. The summed E-state index contributed by atoms with van der Waals surface area (Å²) in [5.41, 5.74) is 1.24. The monoisotopic (exact) mass is 251 g/mol. The van der Waals surface area contributed by atoms with Crippen molar-refractivity contribution in [1.29, 1.82) is 0 Å². The molecule has 1 unspecified atom stereocenters. The average Bonchev–Trinajstić information content (AvgIpc) is 2.53. The number of rotatable bonds is 3. The van der Waals surface area contributed by atoms with Gasteiger partial charge in [-0.3, -0.25) is 9.69 Å². The molecular formula is C12H13NOS2. The van der Waals surface area contributed by atoms with E-state index in [9.17, 15) is 4.79 Å². The molecule has 1 heterocycles. The molecule has 4 heteroatoms. The topological polar surface area (TPSA) is 20.3 Å². The normalized spacial score (nSPS) is 20.6. The van der Waals surface area contributed by atoms with Crippen LogP contribution >= 0.6 is 24.0 Å². The summed E-state index contributed by atoms with van der Waals surface area (Å²) >= 11 is 6.66. The Bertz CT molecular complexity index is 405. The van der Waals surface area contributed by atoms with Crippen LogP contribution < -0.4 is 0 Å². The molecular weight excluding hydrogens is 238 g/mol. The number of carbonyl (C=O) groups is 1. The minimum atomic E-state index is -0.0109. The van der Waals surface area contributed by atoms with Gasteiger partial charge in [0.1, 0.15) is 4.32 Å². The van der Waals surface area contributed by atoms with E-state index in [-0.39, 0.29) is 11.2 Å². The van der Waals surface area contributed by atoms with Crippen molar-refractivity contribution in [3.63, 3.8) is 0 Å². The Labute approximate surface area is 105 Å². The molecule has 1 fully saturated rings. The van der Waals surface area contributed by atoms with E-state index in [2.05, 4.69) is 12.1 Å². The lowest BCUT2D eigenvalue weighted by atomic mass is 10.1. The largest absolute Gasteiger partial charge is 0.296 e. The lowest BCUT2D eigenvalue weighted by Crippen LogP contribution is -2.32. The summed E-state index contributed by atoms with van der Waals surface area (Å²) in [6.45, 7) is 2.60. The molecule has 0 aromatic heterocycles. The van der Waals surface area contributed by atoms with E-state index >= 15 is 0 Å². The summed E-state index contributed by atoms with van der Waals surface area (Å²) in [4.78, 5) is 13.5. The van der Waals surface area contributed by atoms with Crippen molar-refractivity contribution in [3.05, 3.63) is 35.9 Å². The fourth-order valence-electron chi connectivity index (χ4n) is 1.66. The molecule has 84 valence electrons. The zero-order valence-corrected chi connectivity index (χ0v) is 10.7. The zero-order chi connectivity index (χ0) is 11.5. The van der Waals surface area contributed by atoms with Crippen molar-refractivity contribution >= 4 is 34.2 Å². The molecule has 0 N–H and O–H groups in total. The second-order valence-electron chi connectivity index (χ2n) is 3.75. The van der Waals surface area contributed by atoms with E-state index in [1.165, 1.54) is 17.3 Å². The van der Waals surface area contributed by atoms with Crippen LogP contribution in [0.4, 0.5) is 0 Å². The molecule has 1 saturated heterocycles. The molecule has 1 atom stereocenters. The Morgan fingerprint density at radius 2 is 2.06 bits per heavy atom. The summed E-state index contributed by atoms with van der Waals surface area (Å²) in [5, 5.41) is -0.0109. The molecule has 0 bridgehead atoms. The number of carbonyl (C=O) groups excluding carboxylic acids is 1. The van der Waals surface area contributed by atoms with Gasteiger partial charge in [-0.2, -0.15) is 0 Å². The van der Waals surface area contributed by atoms with Crippen LogP contribution in [0.1, 0.15) is 12.5 Å². The summed E-state index contributed by atoms with van der Waals surface area (Å²) < 4.78 is 0.716. The summed E-state index contributed by atoms with van der Waals surface area (Å²) in [5.74, 6) is 0.144. The van der Waals surface area contributed by atoms with Crippen LogP contribution in [0.25, 0.3) is 0 Å². The van der Waals surface area contributed by atoms with Gasteiger partial charge in [-0.25, -0.2) is 0 Å². The van der Waals surface area contributed by atoms with E-state index in [0.29, 0.717) is 10.9 Å². The van der Waals surface area contributed by atoms with E-state index in [1.807, 2.05) is 25.1 Å². The highest BCUT2D eigenvalue weighted by Gasteiger charge is 2.32. The van der Waals surface area contributed by atoms with E-state index in [0.717, 1.165) is 6.42 Å². The lowest BCUT2D eigenvalue weighted by Gasteiger charge is -2.14. The Morgan fingerprint density at radius 1 is 1.38 bits per heavy atom. The molecule has 2 nitrogen and oxygen atoms in total. The van der Waals surface area contributed by atoms with E-state index in [1.54, 1.807) is 4.90 Å². The Kier molecular flexibility index (Phi) is 3.61. The van der Waals surface area contributed by atoms with Crippen LogP contribution in [0.2, 0.25) is 0 Å². The highest BCUT2D eigenvalue weighted by atomic mass is 32.2. The van der Waals surface area contributed by atoms with Gasteiger partial charge in [-0.1, -0.05) is 54.3 Å². The van der Waals surface area contributed by atoms with Gasteiger partial charge in [0.2, 0.25) is 5.91 Å². The Morgan fingerprint density at radius 3 is 2.62 bits per heavy atom. The fraction of sp³-hybridized carbons (Fsp3) is 0.333. The van der Waals surface area contributed by atoms with Gasteiger partial charge in [0.15, 0.2) is 0 Å². The minimum absolute atomic E-state index is 0.0109. The number of nitrogens with zero attached hydrogens (tertiary/aromatic N) is 1. The highest BCUT2D eigenvalue weighted by molar-refractivity contribution is 8.24. The standard InChI is InChI=1S/C12H13NOS2/c1-9-11(14)13(12(15)16-9)8-7-10-5-3-2-4-6-10/h2-6,9H,7-8H2,1H3. The van der Waals surface area contributed by atoms with Crippen LogP contribution in [0.15, 0.2) is 30.3 Å². The number of thioether (sulfide) groups is 1. The van der Waals surface area contributed by atoms with Gasteiger partial charge >= 0.3 is 0 Å². The second-order valence-corrected chi connectivity index (χ2v) is 5.73. The van der Waals surface area contributed by atoms with Crippen LogP contribution in [0, 0.1) is 0 Å². The minimum Gasteiger partial charge on any atom is -0.296 e. The average molecular weight is 251 g/mol. The predicted molar refractivity (Wildman–Crippen MR) is 71.5 cm³/mol. The predicted octanol–water partition coefficient (Wildman–Crippen LogP) is 2.48.